The lowest BCUT2D eigenvalue weighted by Crippen LogP contribution is -2.33. The van der Waals surface area contributed by atoms with Crippen molar-refractivity contribution in [3.05, 3.63) is 54.1 Å². The molecule has 29 heavy (non-hydrogen) atoms. The van der Waals surface area contributed by atoms with Crippen molar-refractivity contribution < 1.29 is 31.1 Å². The summed E-state index contributed by atoms with van der Waals surface area (Å²) < 4.78 is 69.3. The van der Waals surface area contributed by atoms with Crippen LogP contribution in [0.2, 0.25) is 0 Å². The molecule has 1 aliphatic carbocycles. The Kier molecular flexibility index (Phi) is 5.99. The van der Waals surface area contributed by atoms with Gasteiger partial charge in [-0.2, -0.15) is 13.2 Å². The van der Waals surface area contributed by atoms with Gasteiger partial charge < -0.3 is 4.74 Å². The smallest absolute Gasteiger partial charge is 0.416 e. The summed E-state index contributed by atoms with van der Waals surface area (Å²) in [6, 6.07) is 9.74. The monoisotopic (exact) mass is 429 g/mol. The maximum absolute atomic E-state index is 12.5. The summed E-state index contributed by atoms with van der Waals surface area (Å²) >= 11 is 0. The minimum atomic E-state index is -4.44. The average molecular weight is 429 g/mol. The maximum atomic E-state index is 12.5. The Morgan fingerprint density at radius 2 is 1.66 bits per heavy atom. The van der Waals surface area contributed by atoms with Gasteiger partial charge in [0.25, 0.3) is 5.91 Å². The van der Waals surface area contributed by atoms with Gasteiger partial charge in [0.15, 0.2) is 6.61 Å². The predicted octanol–water partition coefficient (Wildman–Crippen LogP) is 2.67. The fourth-order valence-corrected chi connectivity index (χ4v) is 3.58. The van der Waals surface area contributed by atoms with Crippen molar-refractivity contribution in [3.8, 4) is 5.75 Å². The molecule has 0 unspecified atom stereocenters. The van der Waals surface area contributed by atoms with Crippen LogP contribution >= 0.6 is 0 Å². The SMILES string of the molecule is O=C(COc1ccc(C(F)(F)F)cc1)NNc1ccc(S(=O)(=O)NC2CC2)cc1. The van der Waals surface area contributed by atoms with Crippen molar-refractivity contribution in [2.45, 2.75) is 30.0 Å². The summed E-state index contributed by atoms with van der Waals surface area (Å²) in [5, 5.41) is 0. The number of rotatable bonds is 8. The number of nitrogens with one attached hydrogen (secondary N) is 3. The molecule has 7 nitrogen and oxygen atoms in total. The molecule has 3 rings (SSSR count). The van der Waals surface area contributed by atoms with E-state index < -0.39 is 34.3 Å². The van der Waals surface area contributed by atoms with Gasteiger partial charge in [-0.3, -0.25) is 15.6 Å². The number of benzene rings is 2. The zero-order valence-corrected chi connectivity index (χ0v) is 15.8. The molecule has 11 heteroatoms. The number of hydrazine groups is 1. The van der Waals surface area contributed by atoms with E-state index in [4.69, 9.17) is 4.74 Å². The summed E-state index contributed by atoms with van der Waals surface area (Å²) in [7, 11) is -3.55. The molecule has 156 valence electrons. The molecular formula is C18H18F3N3O4S. The van der Waals surface area contributed by atoms with E-state index in [2.05, 4.69) is 15.6 Å². The van der Waals surface area contributed by atoms with Gasteiger partial charge in [-0.15, -0.1) is 0 Å². The summed E-state index contributed by atoms with van der Waals surface area (Å²) in [6.45, 7) is -0.421. The summed E-state index contributed by atoms with van der Waals surface area (Å²) in [4.78, 5) is 11.9. The third-order valence-electron chi connectivity index (χ3n) is 3.96. The minimum Gasteiger partial charge on any atom is -0.484 e. The van der Waals surface area contributed by atoms with Gasteiger partial charge >= 0.3 is 6.18 Å². The highest BCUT2D eigenvalue weighted by Crippen LogP contribution is 2.30. The van der Waals surface area contributed by atoms with Gasteiger partial charge in [0.05, 0.1) is 16.1 Å². The molecule has 1 aliphatic rings. The highest BCUT2D eigenvalue weighted by Gasteiger charge is 2.30. The first-order valence-corrected chi connectivity index (χ1v) is 10.1. The molecule has 1 fully saturated rings. The van der Waals surface area contributed by atoms with Crippen LogP contribution in [0.15, 0.2) is 53.4 Å². The zero-order valence-electron chi connectivity index (χ0n) is 15.0. The molecule has 0 spiro atoms. The van der Waals surface area contributed by atoms with E-state index in [0.29, 0.717) is 5.69 Å². The fourth-order valence-electron chi connectivity index (χ4n) is 2.27. The van der Waals surface area contributed by atoms with Crippen LogP contribution in [0.25, 0.3) is 0 Å². The van der Waals surface area contributed by atoms with Crippen molar-refractivity contribution in [2.75, 3.05) is 12.0 Å². The molecule has 0 aliphatic heterocycles. The lowest BCUT2D eigenvalue weighted by Gasteiger charge is -2.11. The molecular weight excluding hydrogens is 411 g/mol. The first kappa shape index (κ1) is 20.9. The highest BCUT2D eigenvalue weighted by molar-refractivity contribution is 7.89. The Balaban J connectivity index is 1.45. The molecule has 0 radical (unpaired) electrons. The van der Waals surface area contributed by atoms with Gasteiger partial charge in [0.2, 0.25) is 10.0 Å². The average Bonchev–Trinajstić information content (AvgIpc) is 3.48. The second-order valence-electron chi connectivity index (χ2n) is 6.40. The summed E-state index contributed by atoms with van der Waals surface area (Å²) in [5.74, 6) is -0.456. The number of hydrogen-bond donors (Lipinski definition) is 3. The van der Waals surface area contributed by atoms with E-state index >= 15 is 0 Å². The first-order valence-electron chi connectivity index (χ1n) is 8.61. The topological polar surface area (TPSA) is 96.5 Å². The van der Waals surface area contributed by atoms with Crippen LogP contribution in [0.3, 0.4) is 0 Å². The van der Waals surface area contributed by atoms with Crippen LogP contribution < -0.4 is 20.3 Å². The van der Waals surface area contributed by atoms with E-state index in [1.165, 1.54) is 24.3 Å². The number of anilines is 1. The predicted molar refractivity (Wildman–Crippen MR) is 98.5 cm³/mol. The fraction of sp³-hybridized carbons (Fsp3) is 0.278. The molecule has 3 N–H and O–H groups in total. The van der Waals surface area contributed by atoms with Gasteiger partial charge in [0.1, 0.15) is 5.75 Å². The van der Waals surface area contributed by atoms with Crippen molar-refractivity contribution in [1.29, 1.82) is 0 Å². The number of hydrogen-bond acceptors (Lipinski definition) is 5. The van der Waals surface area contributed by atoms with Crippen LogP contribution in [0, 0.1) is 0 Å². The highest BCUT2D eigenvalue weighted by atomic mass is 32.2. The van der Waals surface area contributed by atoms with Crippen LogP contribution in [0.4, 0.5) is 18.9 Å². The van der Waals surface area contributed by atoms with E-state index in [1.807, 2.05) is 0 Å². The van der Waals surface area contributed by atoms with Crippen LogP contribution in [0.5, 0.6) is 5.75 Å². The lowest BCUT2D eigenvalue weighted by atomic mass is 10.2. The molecule has 1 amide bonds. The van der Waals surface area contributed by atoms with Crippen LogP contribution in [0.1, 0.15) is 18.4 Å². The number of amides is 1. The second kappa shape index (κ2) is 8.29. The zero-order chi connectivity index (χ0) is 21.1. The van der Waals surface area contributed by atoms with E-state index in [-0.39, 0.29) is 16.7 Å². The van der Waals surface area contributed by atoms with Crippen molar-refractivity contribution in [2.24, 2.45) is 0 Å². The van der Waals surface area contributed by atoms with Gasteiger partial charge in [0, 0.05) is 6.04 Å². The van der Waals surface area contributed by atoms with Crippen LogP contribution in [-0.4, -0.2) is 27.0 Å². The Morgan fingerprint density at radius 3 is 2.21 bits per heavy atom. The van der Waals surface area contributed by atoms with E-state index in [9.17, 15) is 26.4 Å². The Morgan fingerprint density at radius 1 is 1.03 bits per heavy atom. The quantitative estimate of drug-likeness (QED) is 0.561. The van der Waals surface area contributed by atoms with Gasteiger partial charge in [-0.05, 0) is 61.4 Å². The molecule has 0 heterocycles. The molecule has 0 aromatic heterocycles. The molecule has 0 bridgehead atoms. The molecule has 2 aromatic rings. The third-order valence-corrected chi connectivity index (χ3v) is 5.50. The Bertz CT molecular complexity index is 957. The molecule has 1 saturated carbocycles. The van der Waals surface area contributed by atoms with Crippen molar-refractivity contribution in [1.82, 2.24) is 10.1 Å². The minimum absolute atomic E-state index is 0.00163. The number of halogens is 3. The summed E-state index contributed by atoms with van der Waals surface area (Å²) in [5.41, 5.74) is 4.58. The van der Waals surface area contributed by atoms with Crippen molar-refractivity contribution >= 4 is 21.6 Å². The molecule has 2 aromatic carbocycles. The molecule has 0 saturated heterocycles. The van der Waals surface area contributed by atoms with Gasteiger partial charge in [-0.25, -0.2) is 13.1 Å². The molecule has 0 atom stereocenters. The Labute approximate surface area is 165 Å². The van der Waals surface area contributed by atoms with E-state index in [1.54, 1.807) is 0 Å². The normalized spacial score (nSPS) is 14.3. The maximum Gasteiger partial charge on any atom is 0.416 e. The standard InChI is InChI=1S/C18H18F3N3O4S/c19-18(20,21)12-1-7-15(8-2-12)28-11-17(25)23-22-13-5-9-16(10-6-13)29(26,27)24-14-3-4-14/h1-2,5-10,14,22,24H,3-4,11H2,(H,23,25). The van der Waals surface area contributed by atoms with Crippen molar-refractivity contribution in [3.63, 3.8) is 0 Å². The van der Waals surface area contributed by atoms with Gasteiger partial charge in [-0.1, -0.05) is 0 Å². The summed E-state index contributed by atoms with van der Waals surface area (Å²) in [6.07, 6.45) is -2.78. The largest absolute Gasteiger partial charge is 0.484 e. The number of alkyl halides is 3. The second-order valence-corrected chi connectivity index (χ2v) is 8.12. The Hall–Kier alpha value is -2.79. The van der Waals surface area contributed by atoms with Crippen LogP contribution in [-0.2, 0) is 21.0 Å². The van der Waals surface area contributed by atoms with E-state index in [0.717, 1.165) is 37.1 Å². The lowest BCUT2D eigenvalue weighted by molar-refractivity contribution is -0.137. The number of sulfonamides is 1. The third kappa shape index (κ3) is 6.09. The number of carbonyl (C=O) groups is 1. The first-order chi connectivity index (χ1) is 13.6. The number of carbonyl (C=O) groups excluding carboxylic acids is 1. The number of ether oxygens (including phenoxy) is 1.